The van der Waals surface area contributed by atoms with E-state index in [0.29, 0.717) is 42.6 Å². The number of halogens is 3. The van der Waals surface area contributed by atoms with E-state index in [1.165, 1.54) is 4.57 Å². The Kier molecular flexibility index (Phi) is 9.00. The molecule has 4 rings (SSSR count). The van der Waals surface area contributed by atoms with Gasteiger partial charge in [0.05, 0.1) is 5.60 Å². The molecule has 0 amide bonds. The number of imidazole rings is 1. The summed E-state index contributed by atoms with van der Waals surface area (Å²) in [5, 5.41) is 20.8. The van der Waals surface area contributed by atoms with Crippen LogP contribution in [0.5, 0.6) is 0 Å². The van der Waals surface area contributed by atoms with Crippen molar-refractivity contribution in [2.24, 2.45) is 5.92 Å². The molecule has 0 spiro atoms. The Morgan fingerprint density at radius 2 is 1.79 bits per heavy atom. The van der Waals surface area contributed by atoms with Crippen molar-refractivity contribution in [2.75, 3.05) is 24.5 Å². The Bertz CT molecular complexity index is 1350. The van der Waals surface area contributed by atoms with Crippen LogP contribution in [-0.4, -0.2) is 72.3 Å². The van der Waals surface area contributed by atoms with Crippen molar-refractivity contribution < 1.29 is 28.2 Å². The molecule has 14 heteroatoms. The van der Waals surface area contributed by atoms with Gasteiger partial charge in [-0.05, 0) is 53.4 Å². The van der Waals surface area contributed by atoms with Crippen LogP contribution in [0.3, 0.4) is 0 Å². The number of fused-ring (bicyclic) bond motifs is 2. The topological polar surface area (TPSA) is 135 Å². The first-order chi connectivity index (χ1) is 18.1. The maximum Gasteiger partial charge on any atom is 0.490 e. The van der Waals surface area contributed by atoms with E-state index in [9.17, 15) is 27.9 Å². The van der Waals surface area contributed by atoms with Gasteiger partial charge in [-0.1, -0.05) is 11.6 Å². The lowest BCUT2D eigenvalue weighted by Gasteiger charge is -2.25. The van der Waals surface area contributed by atoms with Crippen LogP contribution in [-0.2, 0) is 24.4 Å². The number of aliphatic carboxylic acids is 1. The fraction of sp³-hybridized carbons (Fsp3) is 0.680. The van der Waals surface area contributed by atoms with Crippen LogP contribution >= 0.6 is 0 Å². The molecule has 0 saturated carbocycles. The predicted molar refractivity (Wildman–Crippen MR) is 140 cm³/mol. The summed E-state index contributed by atoms with van der Waals surface area (Å²) in [6, 6.07) is 0.358. The lowest BCUT2D eigenvalue weighted by atomic mass is 10.1. The van der Waals surface area contributed by atoms with E-state index in [4.69, 9.17) is 14.9 Å². The second kappa shape index (κ2) is 11.5. The van der Waals surface area contributed by atoms with E-state index >= 15 is 0 Å². The summed E-state index contributed by atoms with van der Waals surface area (Å²) in [6.45, 7) is 13.3. The molecule has 2 aliphatic heterocycles. The van der Waals surface area contributed by atoms with Gasteiger partial charge in [-0.2, -0.15) is 18.2 Å². The van der Waals surface area contributed by atoms with Gasteiger partial charge in [-0.25, -0.2) is 9.59 Å². The molecule has 218 valence electrons. The maximum absolute atomic E-state index is 13.6. The molecule has 11 nitrogen and oxygen atoms in total. The van der Waals surface area contributed by atoms with Crippen molar-refractivity contribution in [3.63, 3.8) is 0 Å². The van der Waals surface area contributed by atoms with Gasteiger partial charge in [0.1, 0.15) is 0 Å². The lowest BCUT2D eigenvalue weighted by Crippen LogP contribution is -2.41. The van der Waals surface area contributed by atoms with Crippen molar-refractivity contribution in [2.45, 2.75) is 84.9 Å². The molecule has 0 radical (unpaired) electrons. The monoisotopic (exact) mass is 558 g/mol. The van der Waals surface area contributed by atoms with Crippen LogP contribution in [0.25, 0.3) is 11.2 Å². The lowest BCUT2D eigenvalue weighted by molar-refractivity contribution is -0.192. The zero-order valence-corrected chi connectivity index (χ0v) is 22.9. The number of aliphatic hydroxyl groups is 1. The minimum Gasteiger partial charge on any atom is -0.475 e. The molecule has 0 bridgehead atoms. The number of carbonyl (C=O) groups is 1. The smallest absolute Gasteiger partial charge is 0.475 e. The Morgan fingerprint density at radius 3 is 2.33 bits per heavy atom. The minimum absolute atomic E-state index is 0.165. The van der Waals surface area contributed by atoms with Gasteiger partial charge < -0.3 is 25.0 Å². The molecule has 2 fully saturated rings. The number of anilines is 1. The van der Waals surface area contributed by atoms with Crippen LogP contribution in [0.2, 0.25) is 0 Å². The number of nitrogens with zero attached hydrogens (tertiary/aromatic N) is 5. The van der Waals surface area contributed by atoms with Gasteiger partial charge in [0.15, 0.2) is 11.2 Å². The Morgan fingerprint density at radius 1 is 1.15 bits per heavy atom. The molecule has 2 aromatic heterocycles. The van der Waals surface area contributed by atoms with Crippen LogP contribution in [0, 0.1) is 5.92 Å². The van der Waals surface area contributed by atoms with Gasteiger partial charge in [0.2, 0.25) is 5.95 Å². The summed E-state index contributed by atoms with van der Waals surface area (Å²) in [5.41, 5.74) is 0.406. The van der Waals surface area contributed by atoms with Gasteiger partial charge in [-0.15, -0.1) is 0 Å². The summed E-state index contributed by atoms with van der Waals surface area (Å²) in [6.07, 6.45) is -1.58. The molecule has 2 atom stereocenters. The molecule has 0 aliphatic carbocycles. The average Bonchev–Trinajstić information content (AvgIpc) is 3.51. The van der Waals surface area contributed by atoms with Gasteiger partial charge >= 0.3 is 17.8 Å². The summed E-state index contributed by atoms with van der Waals surface area (Å²) >= 11 is 0. The second-order valence-corrected chi connectivity index (χ2v) is 10.8. The third-order valence-corrected chi connectivity index (χ3v) is 6.98. The van der Waals surface area contributed by atoms with Crippen molar-refractivity contribution in [3.05, 3.63) is 32.5 Å². The normalized spacial score (nSPS) is 19.2. The van der Waals surface area contributed by atoms with Crippen molar-refractivity contribution in [1.82, 2.24) is 24.0 Å². The number of aromatic nitrogens is 4. The van der Waals surface area contributed by atoms with E-state index in [2.05, 4.69) is 16.3 Å². The van der Waals surface area contributed by atoms with E-state index in [0.717, 1.165) is 37.6 Å². The van der Waals surface area contributed by atoms with Gasteiger partial charge in [-0.3, -0.25) is 13.9 Å². The standard InChI is InChI=1S/C23H36N6O3.C2HF3O2/c1-6-26-19-18(20(30)29(22(26)31)12-9-23(4,5)32)28(10-7-15(2)3)21(25-19)27-11-8-16-13-24-14-17(16)27;3-2(4,5)1(6)7/h7,16-17,24,32H,6,8-14H2,1-5H3;(H,6,7). The molecular weight excluding hydrogens is 521 g/mol. The molecule has 3 N–H and O–H groups in total. The Hall–Kier alpha value is -3.13. The SMILES string of the molecule is CCn1c(=O)n(CCC(C)(C)O)c(=O)c2c1nc(N1CCC3CNCC31)n2CC=C(C)C.O=C(O)C(F)(F)F. The molecule has 4 heterocycles. The van der Waals surface area contributed by atoms with Crippen LogP contribution in [0.4, 0.5) is 19.1 Å². The first-order valence-electron chi connectivity index (χ1n) is 12.9. The van der Waals surface area contributed by atoms with Crippen molar-refractivity contribution in [3.8, 4) is 0 Å². The number of hydrogen-bond donors (Lipinski definition) is 3. The van der Waals surface area contributed by atoms with Crippen molar-refractivity contribution >= 4 is 23.1 Å². The first-order valence-corrected chi connectivity index (χ1v) is 12.9. The fourth-order valence-electron chi connectivity index (χ4n) is 4.91. The number of hydrogen-bond acceptors (Lipinski definition) is 7. The number of carboxylic acids is 1. The highest BCUT2D eigenvalue weighted by Gasteiger charge is 2.40. The molecule has 39 heavy (non-hydrogen) atoms. The molecule has 2 aromatic rings. The maximum atomic E-state index is 13.6. The number of carboxylic acid groups (broad SMARTS) is 1. The number of nitrogens with one attached hydrogen (secondary N) is 1. The summed E-state index contributed by atoms with van der Waals surface area (Å²) in [5.74, 6) is -1.40. The zero-order chi connectivity index (χ0) is 29.3. The first kappa shape index (κ1) is 30.4. The molecule has 2 unspecified atom stereocenters. The predicted octanol–water partition coefficient (Wildman–Crippen LogP) is 1.94. The van der Waals surface area contributed by atoms with E-state index in [-0.39, 0.29) is 17.8 Å². The highest BCUT2D eigenvalue weighted by Crippen LogP contribution is 2.33. The number of aryl methyl sites for hydroxylation is 1. The number of alkyl halides is 3. The molecule has 2 saturated heterocycles. The largest absolute Gasteiger partial charge is 0.490 e. The van der Waals surface area contributed by atoms with E-state index in [1.54, 1.807) is 18.4 Å². The zero-order valence-electron chi connectivity index (χ0n) is 22.9. The quantitative estimate of drug-likeness (QED) is 0.439. The molecular formula is C25H37F3N6O5. The minimum atomic E-state index is -5.08. The van der Waals surface area contributed by atoms with Gasteiger partial charge in [0.25, 0.3) is 5.56 Å². The molecule has 0 aromatic carbocycles. The highest BCUT2D eigenvalue weighted by molar-refractivity contribution is 5.75. The summed E-state index contributed by atoms with van der Waals surface area (Å²) in [7, 11) is 0. The Labute approximate surface area is 223 Å². The molecule has 2 aliphatic rings. The van der Waals surface area contributed by atoms with Crippen LogP contribution in [0.15, 0.2) is 21.2 Å². The highest BCUT2D eigenvalue weighted by atomic mass is 19.4. The summed E-state index contributed by atoms with van der Waals surface area (Å²) in [4.78, 5) is 42.9. The fourth-order valence-corrected chi connectivity index (χ4v) is 4.91. The third-order valence-electron chi connectivity index (χ3n) is 6.98. The number of rotatable bonds is 7. The van der Waals surface area contributed by atoms with E-state index in [1.807, 2.05) is 25.3 Å². The summed E-state index contributed by atoms with van der Waals surface area (Å²) < 4.78 is 36.6. The second-order valence-electron chi connectivity index (χ2n) is 10.8. The third kappa shape index (κ3) is 6.72. The van der Waals surface area contributed by atoms with Crippen LogP contribution < -0.4 is 21.5 Å². The van der Waals surface area contributed by atoms with Crippen LogP contribution in [0.1, 0.15) is 47.5 Å². The Balaban J connectivity index is 0.000000532. The van der Waals surface area contributed by atoms with Gasteiger partial charge in [0, 0.05) is 45.3 Å². The average molecular weight is 559 g/mol. The number of allylic oxidation sites excluding steroid dienone is 2. The van der Waals surface area contributed by atoms with E-state index < -0.39 is 17.7 Å². The van der Waals surface area contributed by atoms with Crippen molar-refractivity contribution in [1.29, 1.82) is 0 Å².